The number of aryl methyl sites for hydroxylation is 2. The van der Waals surface area contributed by atoms with Crippen LogP contribution in [0.5, 0.6) is 0 Å². The maximum atomic E-state index is 11.3. The van der Waals surface area contributed by atoms with E-state index in [4.69, 9.17) is 4.18 Å². The van der Waals surface area contributed by atoms with E-state index in [1.807, 2.05) is 32.0 Å². The van der Waals surface area contributed by atoms with Crippen molar-refractivity contribution in [3.8, 4) is 0 Å². The molecule has 0 N–H and O–H groups in total. The zero-order chi connectivity index (χ0) is 9.14. The van der Waals surface area contributed by atoms with E-state index in [2.05, 4.69) is 0 Å². The quantitative estimate of drug-likeness (QED) is 0.702. The van der Waals surface area contributed by atoms with Crippen molar-refractivity contribution in [2.45, 2.75) is 18.7 Å². The lowest BCUT2D eigenvalue weighted by Gasteiger charge is -2.03. The Kier molecular flexibility index (Phi) is 3.00. The Bertz CT molecular complexity index is 307. The molecule has 1 aromatic rings. The van der Waals surface area contributed by atoms with Crippen LogP contribution in [0.3, 0.4) is 0 Å². The van der Waals surface area contributed by atoms with Gasteiger partial charge in [-0.1, -0.05) is 12.1 Å². The van der Waals surface area contributed by atoms with Gasteiger partial charge in [0.15, 0.2) is 11.1 Å². The number of rotatable bonds is 2. The molecular weight excluding hydrogens is 172 g/mol. The predicted octanol–water partition coefficient (Wildman–Crippen LogP) is 1.97. The molecule has 0 fully saturated rings. The van der Waals surface area contributed by atoms with Crippen molar-refractivity contribution in [2.75, 3.05) is 7.11 Å². The molecule has 1 unspecified atom stereocenters. The third-order valence-electron chi connectivity index (χ3n) is 1.67. The van der Waals surface area contributed by atoms with Crippen molar-refractivity contribution in [1.82, 2.24) is 0 Å². The first-order valence-electron chi connectivity index (χ1n) is 3.68. The monoisotopic (exact) mass is 184 g/mol. The minimum atomic E-state index is -1.31. The zero-order valence-electron chi connectivity index (χ0n) is 7.46. The van der Waals surface area contributed by atoms with Crippen LogP contribution in [0.4, 0.5) is 0 Å². The van der Waals surface area contributed by atoms with Gasteiger partial charge in [-0.25, -0.2) is 4.21 Å². The van der Waals surface area contributed by atoms with Gasteiger partial charge in [-0.15, -0.1) is 0 Å². The molecule has 0 aliphatic heterocycles. The summed E-state index contributed by atoms with van der Waals surface area (Å²) in [6.07, 6.45) is 0. The van der Waals surface area contributed by atoms with E-state index in [-0.39, 0.29) is 0 Å². The molecule has 0 bridgehead atoms. The van der Waals surface area contributed by atoms with Crippen molar-refractivity contribution < 1.29 is 8.39 Å². The minimum absolute atomic E-state index is 0.762. The van der Waals surface area contributed by atoms with E-state index in [9.17, 15) is 4.21 Å². The summed E-state index contributed by atoms with van der Waals surface area (Å²) in [5.41, 5.74) is 2.10. The maximum absolute atomic E-state index is 11.3. The lowest BCUT2D eigenvalue weighted by molar-refractivity contribution is 0.445. The van der Waals surface area contributed by atoms with E-state index in [0.717, 1.165) is 16.0 Å². The molecule has 2 nitrogen and oxygen atoms in total. The first-order valence-corrected chi connectivity index (χ1v) is 4.76. The van der Waals surface area contributed by atoms with E-state index in [1.54, 1.807) is 0 Å². The van der Waals surface area contributed by atoms with Gasteiger partial charge in [0.05, 0.1) is 12.0 Å². The van der Waals surface area contributed by atoms with Gasteiger partial charge in [0.1, 0.15) is 0 Å². The van der Waals surface area contributed by atoms with Gasteiger partial charge in [-0.3, -0.25) is 4.18 Å². The second-order valence-corrected chi connectivity index (χ2v) is 3.91. The molecule has 0 spiro atoms. The summed E-state index contributed by atoms with van der Waals surface area (Å²) in [4.78, 5) is 0.762. The van der Waals surface area contributed by atoms with Gasteiger partial charge in [-0.2, -0.15) is 0 Å². The summed E-state index contributed by atoms with van der Waals surface area (Å²) in [6, 6.07) is 5.82. The van der Waals surface area contributed by atoms with Gasteiger partial charge in [0, 0.05) is 0 Å². The maximum Gasteiger partial charge on any atom is 0.189 e. The lowest BCUT2D eigenvalue weighted by atomic mass is 10.2. The Labute approximate surface area is 75.2 Å². The van der Waals surface area contributed by atoms with Crippen LogP contribution in [0.15, 0.2) is 23.1 Å². The standard InChI is InChI=1S/C9H12O2S/c1-7-4-5-8(2)9(6-7)12(10)11-3/h4-6H,1-3H3. The summed E-state index contributed by atoms with van der Waals surface area (Å²) in [7, 11) is 1.44. The number of hydrogen-bond acceptors (Lipinski definition) is 2. The van der Waals surface area contributed by atoms with Crippen LogP contribution in [0.25, 0.3) is 0 Å². The molecule has 0 saturated heterocycles. The number of hydrogen-bond donors (Lipinski definition) is 0. The average molecular weight is 184 g/mol. The Morgan fingerprint density at radius 3 is 2.58 bits per heavy atom. The largest absolute Gasteiger partial charge is 0.290 e. The Balaban J connectivity index is 3.13. The third kappa shape index (κ3) is 1.93. The highest BCUT2D eigenvalue weighted by Crippen LogP contribution is 2.14. The average Bonchev–Trinajstić information content (AvgIpc) is 2.08. The van der Waals surface area contributed by atoms with Gasteiger partial charge >= 0.3 is 0 Å². The Morgan fingerprint density at radius 1 is 1.33 bits per heavy atom. The third-order valence-corrected chi connectivity index (χ3v) is 2.78. The van der Waals surface area contributed by atoms with Crippen LogP contribution in [-0.2, 0) is 15.3 Å². The van der Waals surface area contributed by atoms with Crippen molar-refractivity contribution in [3.63, 3.8) is 0 Å². The van der Waals surface area contributed by atoms with Gasteiger partial charge in [0.25, 0.3) is 0 Å². The van der Waals surface area contributed by atoms with Crippen LogP contribution >= 0.6 is 0 Å². The van der Waals surface area contributed by atoms with Crippen LogP contribution in [0.2, 0.25) is 0 Å². The summed E-state index contributed by atoms with van der Waals surface area (Å²) in [5.74, 6) is 0. The Hall–Kier alpha value is -0.670. The van der Waals surface area contributed by atoms with Gasteiger partial charge in [0.2, 0.25) is 0 Å². The van der Waals surface area contributed by atoms with Crippen LogP contribution in [0, 0.1) is 13.8 Å². The van der Waals surface area contributed by atoms with Gasteiger partial charge in [-0.05, 0) is 31.0 Å². The molecule has 0 saturated carbocycles. The van der Waals surface area contributed by atoms with Crippen molar-refractivity contribution in [1.29, 1.82) is 0 Å². The second-order valence-electron chi connectivity index (χ2n) is 2.67. The van der Waals surface area contributed by atoms with E-state index < -0.39 is 11.1 Å². The summed E-state index contributed by atoms with van der Waals surface area (Å²) < 4.78 is 16.0. The zero-order valence-corrected chi connectivity index (χ0v) is 8.27. The SMILES string of the molecule is COS(=O)c1cc(C)ccc1C. The fraction of sp³-hybridized carbons (Fsp3) is 0.333. The molecule has 0 heterocycles. The molecule has 0 amide bonds. The molecule has 0 aliphatic carbocycles. The van der Waals surface area contributed by atoms with Gasteiger partial charge < -0.3 is 0 Å². The summed E-state index contributed by atoms with van der Waals surface area (Å²) in [5, 5.41) is 0. The molecule has 1 atom stereocenters. The minimum Gasteiger partial charge on any atom is -0.290 e. The van der Waals surface area contributed by atoms with E-state index >= 15 is 0 Å². The highest BCUT2D eigenvalue weighted by Gasteiger charge is 2.05. The molecule has 0 aromatic heterocycles. The lowest BCUT2D eigenvalue weighted by Crippen LogP contribution is -1.96. The molecule has 1 rings (SSSR count). The van der Waals surface area contributed by atoms with Crippen molar-refractivity contribution in [2.24, 2.45) is 0 Å². The second kappa shape index (κ2) is 3.83. The Morgan fingerprint density at radius 2 is 2.00 bits per heavy atom. The van der Waals surface area contributed by atoms with Crippen LogP contribution in [0.1, 0.15) is 11.1 Å². The molecule has 1 aromatic carbocycles. The molecule has 12 heavy (non-hydrogen) atoms. The van der Waals surface area contributed by atoms with Crippen LogP contribution < -0.4 is 0 Å². The first-order chi connectivity index (χ1) is 5.65. The highest BCUT2D eigenvalue weighted by atomic mass is 32.2. The smallest absolute Gasteiger partial charge is 0.189 e. The van der Waals surface area contributed by atoms with E-state index in [0.29, 0.717) is 0 Å². The number of benzene rings is 1. The van der Waals surface area contributed by atoms with Crippen molar-refractivity contribution >= 4 is 11.1 Å². The summed E-state index contributed by atoms with van der Waals surface area (Å²) in [6.45, 7) is 3.89. The van der Waals surface area contributed by atoms with Crippen LogP contribution in [-0.4, -0.2) is 11.3 Å². The summed E-state index contributed by atoms with van der Waals surface area (Å²) >= 11 is -1.31. The predicted molar refractivity (Wildman–Crippen MR) is 49.3 cm³/mol. The molecule has 66 valence electrons. The molecule has 0 aliphatic rings. The van der Waals surface area contributed by atoms with Crippen molar-refractivity contribution in [3.05, 3.63) is 29.3 Å². The molecule has 0 radical (unpaired) electrons. The molecular formula is C9H12O2S. The first kappa shape index (κ1) is 9.42. The molecule has 3 heteroatoms. The van der Waals surface area contributed by atoms with E-state index in [1.165, 1.54) is 7.11 Å². The fourth-order valence-electron chi connectivity index (χ4n) is 0.977. The normalized spacial score (nSPS) is 12.9. The highest BCUT2D eigenvalue weighted by molar-refractivity contribution is 7.80. The fourth-order valence-corrected chi connectivity index (χ4v) is 1.77. The topological polar surface area (TPSA) is 26.3 Å².